The number of carbonyl (C=O) groups excluding carboxylic acids is 1. The van der Waals surface area contributed by atoms with E-state index in [0.29, 0.717) is 6.47 Å². The van der Waals surface area contributed by atoms with E-state index in [0.717, 1.165) is 9.99 Å². The van der Waals surface area contributed by atoms with Gasteiger partial charge in [-0.3, -0.25) is 4.79 Å². The van der Waals surface area contributed by atoms with Crippen LogP contribution in [-0.4, -0.2) is 10.9 Å². The highest BCUT2D eigenvalue weighted by atomic mass is 127. The number of alkyl halides is 1. The van der Waals surface area contributed by atoms with E-state index in [-0.39, 0.29) is 11.9 Å². The first kappa shape index (κ1) is 11.4. The van der Waals surface area contributed by atoms with Crippen LogP contribution in [0.4, 0.5) is 4.39 Å². The molecule has 0 aliphatic heterocycles. The third-order valence-electron chi connectivity index (χ3n) is 1.69. The van der Waals surface area contributed by atoms with Crippen LogP contribution in [0.25, 0.3) is 0 Å². The Labute approximate surface area is 94.7 Å². The van der Waals surface area contributed by atoms with Crippen LogP contribution in [-0.2, 0) is 9.63 Å². The molecule has 0 saturated carbocycles. The molecule has 1 atom stereocenters. The molecule has 1 rings (SSSR count). The Balaban J connectivity index is 2.68. The first-order valence-electron chi connectivity index (χ1n) is 3.94. The van der Waals surface area contributed by atoms with E-state index in [1.165, 1.54) is 12.1 Å². The van der Waals surface area contributed by atoms with Gasteiger partial charge in [-0.1, -0.05) is 34.7 Å². The van der Waals surface area contributed by atoms with Gasteiger partial charge in [0.2, 0.25) is 0 Å². The third kappa shape index (κ3) is 3.22. The molecule has 5 heteroatoms. The smallest absolute Gasteiger partial charge is 0.312 e. The van der Waals surface area contributed by atoms with Crippen molar-refractivity contribution in [2.24, 2.45) is 0 Å². The number of benzene rings is 1. The van der Waals surface area contributed by atoms with Gasteiger partial charge in [0.1, 0.15) is 5.82 Å². The molecule has 0 amide bonds. The Morgan fingerprint density at radius 2 is 2.14 bits per heavy atom. The van der Waals surface area contributed by atoms with Gasteiger partial charge in [0.25, 0.3) is 0 Å². The largest absolute Gasteiger partial charge is 0.373 e. The van der Waals surface area contributed by atoms with E-state index >= 15 is 0 Å². The van der Waals surface area contributed by atoms with Crippen molar-refractivity contribution >= 4 is 29.1 Å². The number of rotatable bonds is 5. The highest BCUT2D eigenvalue weighted by molar-refractivity contribution is 14.1. The minimum Gasteiger partial charge on any atom is -0.373 e. The molecule has 76 valence electrons. The van der Waals surface area contributed by atoms with Gasteiger partial charge in [0, 0.05) is 4.43 Å². The standard InChI is InChI=1S/C9H9FINO2/c10-8-3-1-7(2-4-8)9(5-11)12-14-6-13/h1-4,6,9,12H,5H2. The number of hydrogen-bond acceptors (Lipinski definition) is 3. The van der Waals surface area contributed by atoms with Gasteiger partial charge in [0.15, 0.2) is 0 Å². The van der Waals surface area contributed by atoms with Crippen molar-refractivity contribution in [3.05, 3.63) is 35.6 Å². The van der Waals surface area contributed by atoms with Crippen LogP contribution >= 0.6 is 22.6 Å². The second-order valence-corrected chi connectivity index (χ2v) is 3.47. The minimum absolute atomic E-state index is 0.110. The number of carbonyl (C=O) groups is 1. The third-order valence-corrected chi connectivity index (χ3v) is 2.57. The second kappa shape index (κ2) is 5.92. The quantitative estimate of drug-likeness (QED) is 0.391. The van der Waals surface area contributed by atoms with E-state index < -0.39 is 0 Å². The maximum atomic E-state index is 12.6. The minimum atomic E-state index is -0.280. The summed E-state index contributed by atoms with van der Waals surface area (Å²) < 4.78 is 13.3. The topological polar surface area (TPSA) is 38.3 Å². The van der Waals surface area contributed by atoms with Gasteiger partial charge in [-0.2, -0.15) is 0 Å². The number of nitrogens with one attached hydrogen (secondary N) is 1. The Morgan fingerprint density at radius 1 is 1.50 bits per heavy atom. The Hall–Kier alpha value is -0.690. The fourth-order valence-electron chi connectivity index (χ4n) is 0.994. The predicted molar refractivity (Wildman–Crippen MR) is 58.3 cm³/mol. The molecular weight excluding hydrogens is 300 g/mol. The molecule has 0 heterocycles. The molecule has 1 aromatic carbocycles. The monoisotopic (exact) mass is 309 g/mol. The van der Waals surface area contributed by atoms with Crippen molar-refractivity contribution in [2.45, 2.75) is 6.04 Å². The number of hydroxylamine groups is 1. The Bertz CT molecular complexity index is 291. The summed E-state index contributed by atoms with van der Waals surface area (Å²) in [6.07, 6.45) is 0. The van der Waals surface area contributed by atoms with Crippen LogP contribution in [0.1, 0.15) is 11.6 Å². The average Bonchev–Trinajstić information content (AvgIpc) is 2.21. The maximum absolute atomic E-state index is 12.6. The summed E-state index contributed by atoms with van der Waals surface area (Å²) in [5.41, 5.74) is 3.43. The number of halogens is 2. The summed E-state index contributed by atoms with van der Waals surface area (Å²) in [7, 11) is 0. The molecule has 0 aliphatic carbocycles. The van der Waals surface area contributed by atoms with Gasteiger partial charge < -0.3 is 4.84 Å². The van der Waals surface area contributed by atoms with E-state index in [9.17, 15) is 9.18 Å². The zero-order valence-electron chi connectivity index (χ0n) is 7.24. The van der Waals surface area contributed by atoms with E-state index in [1.807, 2.05) is 0 Å². The van der Waals surface area contributed by atoms with Crippen molar-refractivity contribution in [3.63, 3.8) is 0 Å². The molecule has 0 spiro atoms. The molecule has 1 unspecified atom stereocenters. The summed E-state index contributed by atoms with van der Waals surface area (Å²) >= 11 is 2.15. The first-order valence-corrected chi connectivity index (χ1v) is 5.46. The van der Waals surface area contributed by atoms with Crippen LogP contribution in [0.15, 0.2) is 24.3 Å². The van der Waals surface area contributed by atoms with Crippen molar-refractivity contribution in [1.82, 2.24) is 5.48 Å². The summed E-state index contributed by atoms with van der Waals surface area (Å²) in [6, 6.07) is 5.94. The van der Waals surface area contributed by atoms with Crippen LogP contribution < -0.4 is 5.48 Å². The molecular formula is C9H9FINO2. The van der Waals surface area contributed by atoms with Crippen molar-refractivity contribution in [1.29, 1.82) is 0 Å². The predicted octanol–water partition coefficient (Wildman–Crippen LogP) is 1.98. The molecule has 0 saturated heterocycles. The van der Waals surface area contributed by atoms with Crippen LogP contribution in [0, 0.1) is 5.82 Å². The number of hydrogen-bond donors (Lipinski definition) is 1. The second-order valence-electron chi connectivity index (χ2n) is 2.59. The van der Waals surface area contributed by atoms with Gasteiger partial charge in [-0.25, -0.2) is 4.39 Å². The summed E-state index contributed by atoms with van der Waals surface area (Å²) in [6.45, 7) is 0.322. The van der Waals surface area contributed by atoms with E-state index in [1.54, 1.807) is 12.1 Å². The highest BCUT2D eigenvalue weighted by Crippen LogP contribution is 2.15. The highest BCUT2D eigenvalue weighted by Gasteiger charge is 2.09. The van der Waals surface area contributed by atoms with E-state index in [2.05, 4.69) is 32.9 Å². The molecule has 3 nitrogen and oxygen atoms in total. The van der Waals surface area contributed by atoms with Crippen LogP contribution in [0.3, 0.4) is 0 Å². The molecule has 0 bridgehead atoms. The normalized spacial score (nSPS) is 12.1. The molecule has 0 radical (unpaired) electrons. The Morgan fingerprint density at radius 3 is 2.64 bits per heavy atom. The fourth-order valence-corrected chi connectivity index (χ4v) is 1.68. The van der Waals surface area contributed by atoms with Crippen molar-refractivity contribution in [3.8, 4) is 0 Å². The molecule has 14 heavy (non-hydrogen) atoms. The SMILES string of the molecule is O=CONC(CI)c1ccc(F)cc1. The lowest BCUT2D eigenvalue weighted by molar-refractivity contribution is -0.136. The Kier molecular flexibility index (Phi) is 4.81. The summed E-state index contributed by atoms with van der Waals surface area (Å²) in [5, 5.41) is 0. The fraction of sp³-hybridized carbons (Fsp3) is 0.222. The van der Waals surface area contributed by atoms with Crippen molar-refractivity contribution in [2.75, 3.05) is 4.43 Å². The van der Waals surface area contributed by atoms with Gasteiger partial charge in [0.05, 0.1) is 6.04 Å². The van der Waals surface area contributed by atoms with Crippen molar-refractivity contribution < 1.29 is 14.0 Å². The molecule has 0 aliphatic rings. The lowest BCUT2D eigenvalue weighted by Crippen LogP contribution is -2.22. The maximum Gasteiger partial charge on any atom is 0.312 e. The van der Waals surface area contributed by atoms with Gasteiger partial charge in [-0.15, -0.1) is 5.48 Å². The summed E-state index contributed by atoms with van der Waals surface area (Å²) in [4.78, 5) is 14.4. The van der Waals surface area contributed by atoms with Gasteiger partial charge in [-0.05, 0) is 17.7 Å². The van der Waals surface area contributed by atoms with Crippen LogP contribution in [0.2, 0.25) is 0 Å². The molecule has 0 fully saturated rings. The average molecular weight is 309 g/mol. The molecule has 1 N–H and O–H groups in total. The summed E-state index contributed by atoms with van der Waals surface area (Å²) in [5.74, 6) is -0.280. The lowest BCUT2D eigenvalue weighted by Gasteiger charge is -2.13. The molecule has 0 aromatic heterocycles. The zero-order valence-corrected chi connectivity index (χ0v) is 9.40. The van der Waals surface area contributed by atoms with Crippen LogP contribution in [0.5, 0.6) is 0 Å². The zero-order chi connectivity index (χ0) is 10.4. The van der Waals surface area contributed by atoms with E-state index in [4.69, 9.17) is 0 Å². The molecule has 1 aromatic rings. The lowest BCUT2D eigenvalue weighted by atomic mass is 10.1. The first-order chi connectivity index (χ1) is 6.77. The van der Waals surface area contributed by atoms with Gasteiger partial charge >= 0.3 is 6.47 Å².